The van der Waals surface area contributed by atoms with E-state index < -0.39 is 0 Å². The van der Waals surface area contributed by atoms with Crippen molar-refractivity contribution >= 4 is 17.6 Å². The van der Waals surface area contributed by atoms with Gasteiger partial charge in [0, 0.05) is 37.6 Å². The van der Waals surface area contributed by atoms with E-state index in [2.05, 4.69) is 37.5 Å². The summed E-state index contributed by atoms with van der Waals surface area (Å²) >= 11 is 6.05. The van der Waals surface area contributed by atoms with Crippen LogP contribution >= 0.6 is 11.6 Å². The fourth-order valence-electron chi connectivity index (χ4n) is 2.79. The van der Waals surface area contributed by atoms with E-state index in [0.717, 1.165) is 17.2 Å². The van der Waals surface area contributed by atoms with E-state index in [1.165, 1.54) is 0 Å². The summed E-state index contributed by atoms with van der Waals surface area (Å²) < 4.78 is 3.84. The Balaban J connectivity index is 1.76. The van der Waals surface area contributed by atoms with E-state index in [9.17, 15) is 0 Å². The van der Waals surface area contributed by atoms with Gasteiger partial charge in [-0.1, -0.05) is 29.8 Å². The number of guanidine groups is 1. The molecule has 2 N–H and O–H groups in total. The molecule has 0 saturated carbocycles. The van der Waals surface area contributed by atoms with Crippen molar-refractivity contribution in [3.63, 3.8) is 0 Å². The summed E-state index contributed by atoms with van der Waals surface area (Å²) in [5, 5.41) is 20.0. The van der Waals surface area contributed by atoms with Crippen LogP contribution in [0.15, 0.2) is 60.4 Å². The minimum atomic E-state index is -0.0185. The molecule has 0 fully saturated rings. The Kier molecular flexibility index (Phi) is 7.02. The minimum Gasteiger partial charge on any atom is -0.354 e. The van der Waals surface area contributed by atoms with Crippen LogP contribution in [0.3, 0.4) is 0 Å². The largest absolute Gasteiger partial charge is 0.354 e. The number of nitrogens with one attached hydrogen (secondary N) is 2. The molecule has 0 aliphatic rings. The highest BCUT2D eigenvalue weighted by molar-refractivity contribution is 6.30. The summed E-state index contributed by atoms with van der Waals surface area (Å²) in [6.07, 6.45) is 5.50. The number of hydrogen-bond donors (Lipinski definition) is 2. The zero-order chi connectivity index (χ0) is 20.6. The molecular formula is C20H25ClN8. The summed E-state index contributed by atoms with van der Waals surface area (Å²) in [7, 11) is 1.93. The maximum atomic E-state index is 6.05. The SMILES string of the molecule is C=CCNC(=NCc1nnc(C)n1C)NCC(c1ccc(Cl)cc1)n1cccn1. The molecule has 0 bridgehead atoms. The third-order valence-corrected chi connectivity index (χ3v) is 4.79. The van der Waals surface area contributed by atoms with Crippen LogP contribution in [0.25, 0.3) is 0 Å². The molecule has 9 heteroatoms. The van der Waals surface area contributed by atoms with Gasteiger partial charge in [-0.3, -0.25) is 4.68 Å². The first-order valence-electron chi connectivity index (χ1n) is 9.31. The smallest absolute Gasteiger partial charge is 0.192 e. The first-order chi connectivity index (χ1) is 14.1. The number of aryl methyl sites for hydroxylation is 1. The maximum absolute atomic E-state index is 6.05. The highest BCUT2D eigenvalue weighted by Crippen LogP contribution is 2.19. The fourth-order valence-corrected chi connectivity index (χ4v) is 2.91. The van der Waals surface area contributed by atoms with Gasteiger partial charge in [0.25, 0.3) is 0 Å². The second kappa shape index (κ2) is 9.88. The first-order valence-corrected chi connectivity index (χ1v) is 9.69. The highest BCUT2D eigenvalue weighted by Gasteiger charge is 2.15. The Morgan fingerprint density at radius 2 is 2.07 bits per heavy atom. The second-order valence-electron chi connectivity index (χ2n) is 6.49. The van der Waals surface area contributed by atoms with Gasteiger partial charge in [0.15, 0.2) is 11.8 Å². The summed E-state index contributed by atoms with van der Waals surface area (Å²) in [6.45, 7) is 7.27. The molecule has 0 saturated heterocycles. The van der Waals surface area contributed by atoms with Gasteiger partial charge in [-0.2, -0.15) is 5.10 Å². The quantitative estimate of drug-likeness (QED) is 0.337. The highest BCUT2D eigenvalue weighted by atomic mass is 35.5. The van der Waals surface area contributed by atoms with Crippen molar-refractivity contribution in [3.05, 3.63) is 77.6 Å². The van der Waals surface area contributed by atoms with Crippen molar-refractivity contribution in [1.29, 1.82) is 0 Å². The number of halogens is 1. The summed E-state index contributed by atoms with van der Waals surface area (Å²) in [6, 6.07) is 9.67. The molecule has 152 valence electrons. The monoisotopic (exact) mass is 412 g/mol. The lowest BCUT2D eigenvalue weighted by atomic mass is 10.1. The molecule has 0 aliphatic carbocycles. The van der Waals surface area contributed by atoms with Crippen LogP contribution in [0.2, 0.25) is 5.02 Å². The first kappa shape index (κ1) is 20.6. The Morgan fingerprint density at radius 3 is 2.69 bits per heavy atom. The van der Waals surface area contributed by atoms with Crippen LogP contribution in [0, 0.1) is 6.92 Å². The molecule has 1 aromatic carbocycles. The lowest BCUT2D eigenvalue weighted by molar-refractivity contribution is 0.511. The zero-order valence-corrected chi connectivity index (χ0v) is 17.3. The third-order valence-electron chi connectivity index (χ3n) is 4.54. The summed E-state index contributed by atoms with van der Waals surface area (Å²) in [5.41, 5.74) is 1.09. The van der Waals surface area contributed by atoms with E-state index in [-0.39, 0.29) is 6.04 Å². The lowest BCUT2D eigenvalue weighted by Gasteiger charge is -2.20. The van der Waals surface area contributed by atoms with Crippen LogP contribution in [0.4, 0.5) is 0 Å². The van der Waals surface area contributed by atoms with E-state index in [1.54, 1.807) is 12.3 Å². The molecule has 3 rings (SSSR count). The van der Waals surface area contributed by atoms with Crippen molar-refractivity contribution in [1.82, 2.24) is 35.2 Å². The van der Waals surface area contributed by atoms with Crippen LogP contribution < -0.4 is 10.6 Å². The molecule has 8 nitrogen and oxygen atoms in total. The fraction of sp³-hybridized carbons (Fsp3) is 0.300. The average Bonchev–Trinajstić information content (AvgIpc) is 3.36. The number of hydrogen-bond acceptors (Lipinski definition) is 4. The molecule has 0 spiro atoms. The number of benzene rings is 1. The van der Waals surface area contributed by atoms with Crippen LogP contribution in [-0.4, -0.2) is 43.6 Å². The zero-order valence-electron chi connectivity index (χ0n) is 16.6. The van der Waals surface area contributed by atoms with Gasteiger partial charge in [-0.25, -0.2) is 4.99 Å². The van der Waals surface area contributed by atoms with Gasteiger partial charge in [0.05, 0.1) is 6.04 Å². The molecule has 2 heterocycles. The van der Waals surface area contributed by atoms with Gasteiger partial charge in [0.2, 0.25) is 0 Å². The van der Waals surface area contributed by atoms with Crippen molar-refractivity contribution in [2.75, 3.05) is 13.1 Å². The van der Waals surface area contributed by atoms with Crippen molar-refractivity contribution in [2.45, 2.75) is 19.5 Å². The van der Waals surface area contributed by atoms with Gasteiger partial charge in [-0.15, -0.1) is 16.8 Å². The van der Waals surface area contributed by atoms with E-state index in [0.29, 0.717) is 30.6 Å². The van der Waals surface area contributed by atoms with E-state index >= 15 is 0 Å². The molecule has 0 radical (unpaired) electrons. The topological polar surface area (TPSA) is 85.0 Å². The van der Waals surface area contributed by atoms with E-state index in [1.807, 2.05) is 59.7 Å². The number of nitrogens with zero attached hydrogens (tertiary/aromatic N) is 6. The molecule has 0 aliphatic heterocycles. The summed E-state index contributed by atoms with van der Waals surface area (Å²) in [5.74, 6) is 2.31. The Bertz CT molecular complexity index is 944. The molecule has 2 aromatic heterocycles. The van der Waals surface area contributed by atoms with Crippen molar-refractivity contribution in [3.8, 4) is 0 Å². The van der Waals surface area contributed by atoms with Crippen LogP contribution in [-0.2, 0) is 13.6 Å². The van der Waals surface area contributed by atoms with Crippen LogP contribution in [0.5, 0.6) is 0 Å². The second-order valence-corrected chi connectivity index (χ2v) is 6.93. The lowest BCUT2D eigenvalue weighted by Crippen LogP contribution is -2.40. The van der Waals surface area contributed by atoms with Crippen molar-refractivity contribution < 1.29 is 0 Å². The minimum absolute atomic E-state index is 0.0185. The maximum Gasteiger partial charge on any atom is 0.192 e. The van der Waals surface area contributed by atoms with Gasteiger partial charge in [0.1, 0.15) is 12.4 Å². The number of aromatic nitrogens is 5. The Hall–Kier alpha value is -3.13. The van der Waals surface area contributed by atoms with Crippen LogP contribution in [0.1, 0.15) is 23.3 Å². The van der Waals surface area contributed by atoms with Gasteiger partial charge in [-0.05, 0) is 30.7 Å². The predicted octanol–water partition coefficient (Wildman–Crippen LogP) is 2.48. The molecule has 29 heavy (non-hydrogen) atoms. The number of aliphatic imine (C=N–C) groups is 1. The standard InChI is InChI=1S/C20H25ClN8/c1-4-10-22-20(24-14-19-27-26-15(2)28(19)3)23-13-18(29-12-5-11-25-29)16-6-8-17(21)9-7-16/h4-9,11-12,18H,1,10,13-14H2,2-3H3,(H2,22,23,24). The molecule has 1 unspecified atom stereocenters. The van der Waals surface area contributed by atoms with Crippen molar-refractivity contribution in [2.24, 2.45) is 12.0 Å². The predicted molar refractivity (Wildman–Crippen MR) is 115 cm³/mol. The molecule has 3 aromatic rings. The Labute approximate surface area is 175 Å². The molecule has 1 atom stereocenters. The Morgan fingerprint density at radius 1 is 1.28 bits per heavy atom. The summed E-state index contributed by atoms with van der Waals surface area (Å²) in [4.78, 5) is 4.64. The molecular weight excluding hydrogens is 388 g/mol. The normalized spacial score (nSPS) is 12.6. The van der Waals surface area contributed by atoms with E-state index in [4.69, 9.17) is 11.6 Å². The van der Waals surface area contributed by atoms with Gasteiger partial charge < -0.3 is 15.2 Å². The van der Waals surface area contributed by atoms with Gasteiger partial charge >= 0.3 is 0 Å². The average molecular weight is 413 g/mol. The molecule has 0 amide bonds. The number of rotatable bonds is 8. The third kappa shape index (κ3) is 5.45.